The van der Waals surface area contributed by atoms with Gasteiger partial charge in [-0.05, 0) is 19.1 Å². The van der Waals surface area contributed by atoms with E-state index in [4.69, 9.17) is 9.47 Å². The van der Waals surface area contributed by atoms with Crippen LogP contribution in [0.2, 0.25) is 0 Å². The van der Waals surface area contributed by atoms with Gasteiger partial charge in [0.2, 0.25) is 0 Å². The van der Waals surface area contributed by atoms with Gasteiger partial charge in [0.15, 0.2) is 0 Å². The minimum Gasteiger partial charge on any atom is -0.462 e. The summed E-state index contributed by atoms with van der Waals surface area (Å²) in [6.07, 6.45) is 1.48. The van der Waals surface area contributed by atoms with Crippen LogP contribution in [0.25, 0.3) is 0 Å². The second-order valence-corrected chi connectivity index (χ2v) is 4.66. The summed E-state index contributed by atoms with van der Waals surface area (Å²) < 4.78 is 9.99. The molecule has 19 heavy (non-hydrogen) atoms. The molecule has 0 aromatic carbocycles. The van der Waals surface area contributed by atoms with Crippen molar-refractivity contribution in [1.29, 1.82) is 0 Å². The number of rotatable bonds is 6. The second kappa shape index (κ2) is 5.99. The third kappa shape index (κ3) is 3.21. The van der Waals surface area contributed by atoms with Crippen LogP contribution in [0, 0.1) is 5.41 Å². The zero-order valence-electron chi connectivity index (χ0n) is 10.9. The first-order chi connectivity index (χ1) is 9.19. The molecule has 0 aliphatic carbocycles. The van der Waals surface area contributed by atoms with Crippen molar-refractivity contribution in [2.45, 2.75) is 6.92 Å². The smallest absolute Gasteiger partial charge is 0.339 e. The van der Waals surface area contributed by atoms with Gasteiger partial charge >= 0.3 is 5.97 Å². The van der Waals surface area contributed by atoms with Crippen LogP contribution in [-0.4, -0.2) is 49.0 Å². The van der Waals surface area contributed by atoms with Crippen molar-refractivity contribution in [2.75, 3.05) is 38.3 Å². The Labute approximate surface area is 111 Å². The van der Waals surface area contributed by atoms with Gasteiger partial charge in [-0.1, -0.05) is 0 Å². The van der Waals surface area contributed by atoms with Crippen LogP contribution in [0.3, 0.4) is 0 Å². The number of aromatic nitrogens is 1. The summed E-state index contributed by atoms with van der Waals surface area (Å²) in [5, 5.41) is 12.4. The number of aliphatic hydroxyl groups is 1. The predicted octanol–water partition coefficient (Wildman–Crippen LogP) is 0.679. The fourth-order valence-corrected chi connectivity index (χ4v) is 1.75. The fourth-order valence-electron chi connectivity index (χ4n) is 1.75. The molecule has 1 saturated heterocycles. The lowest BCUT2D eigenvalue weighted by Crippen LogP contribution is -2.50. The summed E-state index contributed by atoms with van der Waals surface area (Å²) in [5.41, 5.74) is 0.220. The van der Waals surface area contributed by atoms with Crippen molar-refractivity contribution >= 4 is 11.8 Å². The number of carbonyl (C=O) groups is 1. The third-order valence-electron chi connectivity index (χ3n) is 3.07. The van der Waals surface area contributed by atoms with Gasteiger partial charge in [-0.3, -0.25) is 0 Å². The molecular weight excluding hydrogens is 248 g/mol. The van der Waals surface area contributed by atoms with E-state index in [1.165, 1.54) is 6.20 Å². The van der Waals surface area contributed by atoms with E-state index < -0.39 is 0 Å². The Kier molecular flexibility index (Phi) is 4.34. The second-order valence-electron chi connectivity index (χ2n) is 4.66. The lowest BCUT2D eigenvalue weighted by molar-refractivity contribution is -0.128. The molecule has 0 spiro atoms. The maximum absolute atomic E-state index is 11.4. The van der Waals surface area contributed by atoms with E-state index in [-0.39, 0.29) is 18.0 Å². The summed E-state index contributed by atoms with van der Waals surface area (Å²) >= 11 is 0. The minimum absolute atomic E-state index is 0.0842. The van der Waals surface area contributed by atoms with E-state index >= 15 is 0 Å². The van der Waals surface area contributed by atoms with E-state index in [1.807, 2.05) is 0 Å². The lowest BCUT2D eigenvalue weighted by Gasteiger charge is -2.39. The number of hydrogen-bond acceptors (Lipinski definition) is 6. The number of carbonyl (C=O) groups excluding carboxylic acids is 1. The van der Waals surface area contributed by atoms with Crippen molar-refractivity contribution in [3.63, 3.8) is 0 Å². The van der Waals surface area contributed by atoms with E-state index in [9.17, 15) is 9.90 Å². The van der Waals surface area contributed by atoms with Gasteiger partial charge in [-0.15, -0.1) is 0 Å². The Morgan fingerprint density at radius 1 is 1.58 bits per heavy atom. The quantitative estimate of drug-likeness (QED) is 0.737. The monoisotopic (exact) mass is 266 g/mol. The first kappa shape index (κ1) is 13.8. The molecule has 0 saturated carbocycles. The molecule has 0 atom stereocenters. The number of pyridine rings is 1. The molecule has 0 amide bonds. The zero-order chi connectivity index (χ0) is 13.7. The Morgan fingerprint density at radius 2 is 2.37 bits per heavy atom. The summed E-state index contributed by atoms with van der Waals surface area (Å²) in [7, 11) is 0. The number of aliphatic hydroxyl groups excluding tert-OH is 1. The first-order valence-electron chi connectivity index (χ1n) is 6.25. The molecule has 1 aromatic rings. The van der Waals surface area contributed by atoms with Gasteiger partial charge < -0.3 is 19.9 Å². The topological polar surface area (TPSA) is 80.7 Å². The van der Waals surface area contributed by atoms with E-state index in [0.29, 0.717) is 37.7 Å². The Morgan fingerprint density at radius 3 is 2.84 bits per heavy atom. The summed E-state index contributed by atoms with van der Waals surface area (Å²) in [6, 6.07) is 3.38. The van der Waals surface area contributed by atoms with Crippen LogP contribution in [0.4, 0.5) is 5.82 Å². The minimum atomic E-state index is -0.374. The van der Waals surface area contributed by atoms with Gasteiger partial charge in [0.1, 0.15) is 5.82 Å². The number of esters is 1. The molecule has 104 valence electrons. The zero-order valence-corrected chi connectivity index (χ0v) is 10.9. The SMILES string of the molecule is CCOC(=O)c1ccc(NCC2(CO)COC2)nc1. The summed E-state index contributed by atoms with van der Waals surface area (Å²) in [4.78, 5) is 15.6. The number of anilines is 1. The van der Waals surface area contributed by atoms with E-state index in [0.717, 1.165) is 0 Å². The molecule has 6 heteroatoms. The highest BCUT2D eigenvalue weighted by Crippen LogP contribution is 2.26. The number of ether oxygens (including phenoxy) is 2. The van der Waals surface area contributed by atoms with Gasteiger partial charge in [0, 0.05) is 12.7 Å². The summed E-state index contributed by atoms with van der Waals surface area (Å²) in [6.45, 7) is 3.89. The lowest BCUT2D eigenvalue weighted by atomic mass is 9.87. The molecule has 6 nitrogen and oxygen atoms in total. The van der Waals surface area contributed by atoms with Crippen LogP contribution in [0.5, 0.6) is 0 Å². The molecule has 0 radical (unpaired) electrons. The Bertz CT molecular complexity index is 423. The molecule has 0 bridgehead atoms. The molecule has 1 aliphatic heterocycles. The number of nitrogens with zero attached hydrogens (tertiary/aromatic N) is 1. The van der Waals surface area contributed by atoms with Crippen molar-refractivity contribution in [2.24, 2.45) is 5.41 Å². The molecule has 0 unspecified atom stereocenters. The largest absolute Gasteiger partial charge is 0.462 e. The molecule has 1 aromatic heterocycles. The highest BCUT2D eigenvalue weighted by Gasteiger charge is 2.37. The van der Waals surface area contributed by atoms with Crippen LogP contribution < -0.4 is 5.32 Å². The first-order valence-corrected chi connectivity index (χ1v) is 6.25. The van der Waals surface area contributed by atoms with E-state index in [2.05, 4.69) is 10.3 Å². The van der Waals surface area contributed by atoms with Gasteiger partial charge in [0.05, 0.1) is 37.4 Å². The van der Waals surface area contributed by atoms with Crippen LogP contribution in [0.15, 0.2) is 18.3 Å². The van der Waals surface area contributed by atoms with Crippen molar-refractivity contribution in [3.05, 3.63) is 23.9 Å². The van der Waals surface area contributed by atoms with Crippen molar-refractivity contribution < 1.29 is 19.4 Å². The summed E-state index contributed by atoms with van der Waals surface area (Å²) in [5.74, 6) is 0.286. The molecular formula is C13H18N2O4. The molecule has 2 heterocycles. The van der Waals surface area contributed by atoms with Crippen LogP contribution >= 0.6 is 0 Å². The van der Waals surface area contributed by atoms with Gasteiger partial charge in [-0.2, -0.15) is 0 Å². The third-order valence-corrected chi connectivity index (χ3v) is 3.07. The van der Waals surface area contributed by atoms with Crippen molar-refractivity contribution in [3.8, 4) is 0 Å². The molecule has 2 rings (SSSR count). The van der Waals surface area contributed by atoms with Crippen LogP contribution in [0.1, 0.15) is 17.3 Å². The normalized spacial score (nSPS) is 16.5. The maximum atomic E-state index is 11.4. The average molecular weight is 266 g/mol. The van der Waals surface area contributed by atoms with Crippen LogP contribution in [-0.2, 0) is 9.47 Å². The number of hydrogen-bond donors (Lipinski definition) is 2. The Hall–Kier alpha value is -1.66. The Balaban J connectivity index is 1.90. The van der Waals surface area contributed by atoms with Crippen molar-refractivity contribution in [1.82, 2.24) is 4.98 Å². The average Bonchev–Trinajstić information content (AvgIpc) is 2.39. The fraction of sp³-hybridized carbons (Fsp3) is 0.538. The standard InChI is InChI=1S/C13H18N2O4/c1-2-19-12(17)10-3-4-11(14-5-10)15-6-13(7-16)8-18-9-13/h3-5,16H,2,6-9H2,1H3,(H,14,15). The highest BCUT2D eigenvalue weighted by molar-refractivity contribution is 5.89. The van der Waals surface area contributed by atoms with E-state index in [1.54, 1.807) is 19.1 Å². The highest BCUT2D eigenvalue weighted by atomic mass is 16.5. The predicted molar refractivity (Wildman–Crippen MR) is 69.0 cm³/mol. The van der Waals surface area contributed by atoms with Gasteiger partial charge in [0.25, 0.3) is 0 Å². The number of nitrogens with one attached hydrogen (secondary N) is 1. The molecule has 2 N–H and O–H groups in total. The molecule has 1 aliphatic rings. The molecule has 1 fully saturated rings. The van der Waals surface area contributed by atoms with Gasteiger partial charge in [-0.25, -0.2) is 9.78 Å². The maximum Gasteiger partial charge on any atom is 0.339 e.